The molecule has 17 heavy (non-hydrogen) atoms. The number of hydrogen-bond donors (Lipinski definition) is 0. The second-order valence-corrected chi connectivity index (χ2v) is 4.62. The first-order chi connectivity index (χ1) is 8.34. The molecule has 1 aromatic heterocycles. The average Bonchev–Trinajstić information content (AvgIpc) is 2.72. The van der Waals surface area contributed by atoms with E-state index in [1.807, 2.05) is 16.8 Å². The molecule has 2 heterocycles. The first-order valence-corrected chi connectivity index (χ1v) is 5.92. The molecule has 0 radical (unpaired) electrons. The molecule has 2 aliphatic rings. The van der Waals surface area contributed by atoms with Gasteiger partial charge in [-0.1, -0.05) is 23.4 Å². The number of carbonyl (C=O) groups is 1. The van der Waals surface area contributed by atoms with Crippen molar-refractivity contribution in [2.24, 2.45) is 0 Å². The number of carbonyl (C=O) groups excluding carboxylic acids is 1. The third kappa shape index (κ3) is 1.10. The molecule has 4 rings (SSSR count). The minimum atomic E-state index is 0.230. The minimum Gasteiger partial charge on any atom is -0.294 e. The second-order valence-electron chi connectivity index (χ2n) is 4.62. The fourth-order valence-electron chi connectivity index (χ4n) is 2.86. The van der Waals surface area contributed by atoms with E-state index in [9.17, 15) is 4.79 Å². The zero-order valence-electron chi connectivity index (χ0n) is 9.31. The lowest BCUT2D eigenvalue weighted by Crippen LogP contribution is -2.14. The van der Waals surface area contributed by atoms with Gasteiger partial charge in [-0.25, -0.2) is 4.68 Å². The van der Waals surface area contributed by atoms with Crippen LogP contribution >= 0.6 is 0 Å². The zero-order valence-corrected chi connectivity index (χ0v) is 9.31. The number of aryl methyl sites for hydroxylation is 3. The summed E-state index contributed by atoms with van der Waals surface area (Å²) in [5.41, 5.74) is 5.25. The molecule has 1 aliphatic carbocycles. The largest absolute Gasteiger partial charge is 0.294 e. The van der Waals surface area contributed by atoms with Crippen molar-refractivity contribution in [3.8, 4) is 11.3 Å². The molecule has 0 amide bonds. The molecule has 0 bridgehead atoms. The maximum absolute atomic E-state index is 12.1. The van der Waals surface area contributed by atoms with Crippen LogP contribution in [0.3, 0.4) is 0 Å². The molecule has 1 aliphatic heterocycles. The number of rotatable bonds is 0. The average molecular weight is 225 g/mol. The van der Waals surface area contributed by atoms with Crippen molar-refractivity contribution in [2.45, 2.75) is 25.8 Å². The van der Waals surface area contributed by atoms with Crippen LogP contribution in [0.2, 0.25) is 0 Å². The zero-order chi connectivity index (χ0) is 11.4. The van der Waals surface area contributed by atoms with Crippen molar-refractivity contribution in [3.05, 3.63) is 35.0 Å². The van der Waals surface area contributed by atoms with E-state index in [-0.39, 0.29) is 5.78 Å². The van der Waals surface area contributed by atoms with E-state index in [1.165, 1.54) is 5.56 Å². The van der Waals surface area contributed by atoms with Crippen LogP contribution in [0.25, 0.3) is 11.3 Å². The highest BCUT2D eigenvalue weighted by molar-refractivity contribution is 6.04. The lowest BCUT2D eigenvalue weighted by molar-refractivity contribution is 0.0984. The number of ketones is 1. The van der Waals surface area contributed by atoms with Crippen LogP contribution in [0, 0.1) is 0 Å². The molecule has 2 aromatic rings. The summed E-state index contributed by atoms with van der Waals surface area (Å²) in [6.07, 6.45) is 2.19. The second kappa shape index (κ2) is 3.03. The Kier molecular flexibility index (Phi) is 1.62. The van der Waals surface area contributed by atoms with Crippen LogP contribution in [0.1, 0.15) is 28.0 Å². The number of aromatic nitrogens is 3. The summed E-state index contributed by atoms with van der Waals surface area (Å²) in [5, 5.41) is 8.40. The third-order valence-electron chi connectivity index (χ3n) is 3.67. The summed E-state index contributed by atoms with van der Waals surface area (Å²) in [5.74, 6) is 0.230. The first-order valence-electron chi connectivity index (χ1n) is 5.92. The predicted octanol–water partition coefficient (Wildman–Crippen LogP) is 1.63. The van der Waals surface area contributed by atoms with E-state index in [1.54, 1.807) is 0 Å². The minimum absolute atomic E-state index is 0.230. The Morgan fingerprint density at radius 2 is 2.12 bits per heavy atom. The summed E-state index contributed by atoms with van der Waals surface area (Å²) in [7, 11) is 0. The third-order valence-corrected chi connectivity index (χ3v) is 3.67. The van der Waals surface area contributed by atoms with Crippen LogP contribution in [0.4, 0.5) is 0 Å². The maximum atomic E-state index is 12.1. The van der Waals surface area contributed by atoms with Gasteiger partial charge in [-0.2, -0.15) is 0 Å². The molecule has 1 aromatic carbocycles. The van der Waals surface area contributed by atoms with Gasteiger partial charge in [-0.15, -0.1) is 5.10 Å². The molecule has 4 heteroatoms. The van der Waals surface area contributed by atoms with Gasteiger partial charge in [0.25, 0.3) is 0 Å². The summed E-state index contributed by atoms with van der Waals surface area (Å²) >= 11 is 0. The Morgan fingerprint density at radius 3 is 3.06 bits per heavy atom. The van der Waals surface area contributed by atoms with E-state index in [4.69, 9.17) is 0 Å². The van der Waals surface area contributed by atoms with Crippen LogP contribution < -0.4 is 0 Å². The van der Waals surface area contributed by atoms with Gasteiger partial charge >= 0.3 is 0 Å². The molecule has 84 valence electrons. The van der Waals surface area contributed by atoms with Crippen molar-refractivity contribution >= 4 is 5.78 Å². The Hall–Kier alpha value is -1.97. The van der Waals surface area contributed by atoms with Crippen molar-refractivity contribution in [1.29, 1.82) is 0 Å². The van der Waals surface area contributed by atoms with Gasteiger partial charge < -0.3 is 0 Å². The van der Waals surface area contributed by atoms with E-state index >= 15 is 0 Å². The van der Waals surface area contributed by atoms with Gasteiger partial charge in [0, 0.05) is 30.5 Å². The van der Waals surface area contributed by atoms with E-state index in [0.717, 1.165) is 35.5 Å². The SMILES string of the molecule is O=C1CCc2nnn3c2-c2c(cccc21)CC3. The van der Waals surface area contributed by atoms with E-state index < -0.39 is 0 Å². The Bertz CT molecular complexity index is 642. The fourth-order valence-corrected chi connectivity index (χ4v) is 2.86. The summed E-state index contributed by atoms with van der Waals surface area (Å²) in [6.45, 7) is 0.868. The number of hydrogen-bond acceptors (Lipinski definition) is 3. The Balaban J connectivity index is 2.15. The first kappa shape index (κ1) is 9.10. The quantitative estimate of drug-likeness (QED) is 0.684. The maximum Gasteiger partial charge on any atom is 0.163 e. The van der Waals surface area contributed by atoms with Crippen LogP contribution in [-0.2, 0) is 19.4 Å². The van der Waals surface area contributed by atoms with Gasteiger partial charge in [-0.05, 0) is 12.0 Å². The van der Waals surface area contributed by atoms with Crippen LogP contribution in [0.5, 0.6) is 0 Å². The van der Waals surface area contributed by atoms with Gasteiger partial charge in [0.05, 0.1) is 11.4 Å². The van der Waals surface area contributed by atoms with Crippen LogP contribution in [-0.4, -0.2) is 20.8 Å². The van der Waals surface area contributed by atoms with E-state index in [2.05, 4.69) is 16.4 Å². The molecule has 0 spiro atoms. The Labute approximate surface area is 98.3 Å². The standard InChI is InChI=1S/C13H11N3O/c17-11-5-4-10-13-12-8(2-1-3-9(11)12)6-7-16(13)15-14-10/h1-3H,4-7H2. The number of nitrogens with zero attached hydrogens (tertiary/aromatic N) is 3. The van der Waals surface area contributed by atoms with Crippen LogP contribution in [0.15, 0.2) is 18.2 Å². The van der Waals surface area contributed by atoms with Crippen molar-refractivity contribution in [1.82, 2.24) is 15.0 Å². The van der Waals surface area contributed by atoms with Gasteiger partial charge in [0.15, 0.2) is 5.78 Å². The molecular weight excluding hydrogens is 214 g/mol. The number of Topliss-reactive ketones (excluding diaryl/α,β-unsaturated/α-hetero) is 1. The Morgan fingerprint density at radius 1 is 1.18 bits per heavy atom. The highest BCUT2D eigenvalue weighted by atomic mass is 16.1. The molecule has 0 saturated carbocycles. The van der Waals surface area contributed by atoms with E-state index in [0.29, 0.717) is 12.8 Å². The fraction of sp³-hybridized carbons (Fsp3) is 0.308. The summed E-state index contributed by atoms with van der Waals surface area (Å²) in [6, 6.07) is 6.02. The van der Waals surface area contributed by atoms with Crippen molar-refractivity contribution < 1.29 is 4.79 Å². The molecule has 0 saturated heterocycles. The number of benzene rings is 1. The molecular formula is C13H11N3O. The molecule has 4 nitrogen and oxygen atoms in total. The van der Waals surface area contributed by atoms with Crippen molar-refractivity contribution in [2.75, 3.05) is 0 Å². The molecule has 0 atom stereocenters. The summed E-state index contributed by atoms with van der Waals surface area (Å²) in [4.78, 5) is 12.1. The lowest BCUT2D eigenvalue weighted by Gasteiger charge is -2.19. The van der Waals surface area contributed by atoms with Gasteiger partial charge in [0.1, 0.15) is 0 Å². The molecule has 0 unspecified atom stereocenters. The monoisotopic (exact) mass is 225 g/mol. The van der Waals surface area contributed by atoms with Crippen molar-refractivity contribution in [3.63, 3.8) is 0 Å². The molecule has 0 N–H and O–H groups in total. The lowest BCUT2D eigenvalue weighted by atomic mass is 9.92. The highest BCUT2D eigenvalue weighted by Crippen LogP contribution is 2.37. The van der Waals surface area contributed by atoms with Gasteiger partial charge in [-0.3, -0.25) is 4.79 Å². The summed E-state index contributed by atoms with van der Waals surface area (Å²) < 4.78 is 1.94. The van der Waals surface area contributed by atoms with Gasteiger partial charge in [0.2, 0.25) is 0 Å². The normalized spacial score (nSPS) is 16.6. The topological polar surface area (TPSA) is 47.8 Å². The highest BCUT2D eigenvalue weighted by Gasteiger charge is 2.29. The molecule has 0 fully saturated rings. The smallest absolute Gasteiger partial charge is 0.163 e. The predicted molar refractivity (Wildman–Crippen MR) is 61.8 cm³/mol.